The van der Waals surface area contributed by atoms with Crippen molar-refractivity contribution in [3.8, 4) is 0 Å². The number of fused-ring (bicyclic) bond motifs is 1. The van der Waals surface area contributed by atoms with E-state index in [1.807, 2.05) is 50.6 Å². The van der Waals surface area contributed by atoms with Gasteiger partial charge in [0, 0.05) is 0 Å². The van der Waals surface area contributed by atoms with E-state index in [9.17, 15) is 0 Å². The normalized spacial score (nSPS) is 13.1. The Morgan fingerprint density at radius 2 is 2.18 bits per heavy atom. The van der Waals surface area contributed by atoms with Crippen LogP contribution in [0.4, 0.5) is 5.82 Å². The number of nitrogens with two attached hydrogens (primary N) is 1. The smallest absolute Gasteiger partial charge is 0.165 e. The third-order valence-electron chi connectivity index (χ3n) is 2.20. The number of hydrogen-bond acceptors (Lipinski definition) is 6. The lowest BCUT2D eigenvalue weighted by Crippen LogP contribution is -2.20. The molecule has 0 fully saturated rings. The van der Waals surface area contributed by atoms with Crippen LogP contribution in [0.1, 0.15) is 0 Å². The van der Waals surface area contributed by atoms with Gasteiger partial charge in [0.2, 0.25) is 0 Å². The van der Waals surface area contributed by atoms with Crippen LogP contribution in [0, 0.1) is 0 Å². The molecule has 2 heterocycles. The van der Waals surface area contributed by atoms with Crippen molar-refractivity contribution in [2.75, 3.05) is 12.3 Å². The zero-order valence-corrected chi connectivity index (χ0v) is 12.9. The molecule has 1 atom stereocenters. The number of nitrogen functional groups attached to an aromatic ring is 1. The predicted molar refractivity (Wildman–Crippen MR) is 78.6 cm³/mol. The summed E-state index contributed by atoms with van der Waals surface area (Å²) in [5, 5.41) is 0. The quantitative estimate of drug-likeness (QED) is 0.680. The molecule has 0 spiro atoms. The highest BCUT2D eigenvalue weighted by molar-refractivity contribution is 14.1. The van der Waals surface area contributed by atoms with E-state index in [-0.39, 0.29) is 6.10 Å². The minimum absolute atomic E-state index is 0.0684. The minimum Gasteiger partial charge on any atom is -0.382 e. The third-order valence-corrected chi connectivity index (χ3v) is 3.28. The van der Waals surface area contributed by atoms with Gasteiger partial charge in [-0.2, -0.15) is 0 Å². The highest BCUT2D eigenvalue weighted by atomic mass is 127. The first-order valence-corrected chi connectivity index (χ1v) is 6.44. The van der Waals surface area contributed by atoms with Gasteiger partial charge in [0.15, 0.2) is 11.5 Å². The standard InChI is InChI=1S/C8H9I2N5O2/c9-16-2-5(17-10)1-15-4-14-6-7(11)12-3-13-8(6)15/h3-5H,1-2H2,(H2,11,12,13)/t5-/m0/s1. The molecule has 0 saturated heterocycles. The van der Waals surface area contributed by atoms with Crippen LogP contribution in [0.3, 0.4) is 0 Å². The van der Waals surface area contributed by atoms with Crippen molar-refractivity contribution in [2.24, 2.45) is 0 Å². The molecular formula is C8H9I2N5O2. The van der Waals surface area contributed by atoms with E-state index in [4.69, 9.17) is 11.9 Å². The van der Waals surface area contributed by atoms with Gasteiger partial charge < -0.3 is 16.4 Å². The Morgan fingerprint density at radius 1 is 1.35 bits per heavy atom. The van der Waals surface area contributed by atoms with Crippen molar-refractivity contribution >= 4 is 63.0 Å². The summed E-state index contributed by atoms with van der Waals surface area (Å²) in [6.45, 7) is 1.09. The SMILES string of the molecule is Nc1ncnc2c1ncn2C[C@@H](COI)OI. The second-order valence-electron chi connectivity index (χ2n) is 3.31. The second-order valence-corrected chi connectivity index (χ2v) is 4.45. The maximum atomic E-state index is 5.71. The van der Waals surface area contributed by atoms with E-state index in [0.717, 1.165) is 0 Å². The van der Waals surface area contributed by atoms with Gasteiger partial charge in [0.05, 0.1) is 19.5 Å². The molecular weight excluding hydrogens is 452 g/mol. The van der Waals surface area contributed by atoms with Gasteiger partial charge in [-0.1, -0.05) is 0 Å². The van der Waals surface area contributed by atoms with Crippen molar-refractivity contribution in [1.29, 1.82) is 0 Å². The first-order chi connectivity index (χ1) is 8.26. The Labute approximate surface area is 125 Å². The van der Waals surface area contributed by atoms with Crippen molar-refractivity contribution in [2.45, 2.75) is 12.6 Å². The van der Waals surface area contributed by atoms with E-state index in [1.165, 1.54) is 6.33 Å². The summed E-state index contributed by atoms with van der Waals surface area (Å²) in [5.74, 6) is 0.380. The number of rotatable bonds is 5. The summed E-state index contributed by atoms with van der Waals surface area (Å²) in [4.78, 5) is 12.2. The predicted octanol–water partition coefficient (Wildman–Crippen LogP) is 1.51. The Bertz CT molecular complexity index is 506. The molecule has 0 aliphatic carbocycles. The molecule has 2 aromatic heterocycles. The molecule has 0 bridgehead atoms. The molecule has 92 valence electrons. The van der Waals surface area contributed by atoms with Gasteiger partial charge in [-0.05, 0) is 0 Å². The van der Waals surface area contributed by atoms with Crippen LogP contribution in [0.15, 0.2) is 12.7 Å². The number of hydrogen-bond donors (Lipinski definition) is 1. The van der Waals surface area contributed by atoms with E-state index >= 15 is 0 Å². The first kappa shape index (κ1) is 13.2. The third kappa shape index (κ3) is 2.95. The van der Waals surface area contributed by atoms with Gasteiger partial charge >= 0.3 is 0 Å². The fourth-order valence-corrected chi connectivity index (χ4v) is 2.14. The molecule has 17 heavy (non-hydrogen) atoms. The van der Waals surface area contributed by atoms with Crippen LogP contribution >= 0.6 is 46.0 Å². The van der Waals surface area contributed by atoms with Crippen LogP contribution in [0.5, 0.6) is 0 Å². The average Bonchev–Trinajstić information content (AvgIpc) is 2.73. The summed E-state index contributed by atoms with van der Waals surface area (Å²) in [5.41, 5.74) is 7.01. The molecule has 0 radical (unpaired) electrons. The van der Waals surface area contributed by atoms with Crippen LogP contribution < -0.4 is 5.73 Å². The van der Waals surface area contributed by atoms with Gasteiger partial charge in [-0.25, -0.2) is 15.0 Å². The Balaban J connectivity index is 2.27. The molecule has 0 aliphatic rings. The molecule has 2 rings (SSSR count). The molecule has 9 heteroatoms. The molecule has 7 nitrogen and oxygen atoms in total. The number of halogens is 2. The van der Waals surface area contributed by atoms with E-state index in [1.54, 1.807) is 6.33 Å². The van der Waals surface area contributed by atoms with Gasteiger partial charge in [0.25, 0.3) is 0 Å². The highest BCUT2D eigenvalue weighted by Crippen LogP contribution is 2.15. The van der Waals surface area contributed by atoms with E-state index in [2.05, 4.69) is 15.0 Å². The lowest BCUT2D eigenvalue weighted by molar-refractivity contribution is 0.187. The van der Waals surface area contributed by atoms with Crippen molar-refractivity contribution in [3.63, 3.8) is 0 Å². The summed E-state index contributed by atoms with van der Waals surface area (Å²) in [6, 6.07) is 0. The molecule has 2 N–H and O–H groups in total. The summed E-state index contributed by atoms with van der Waals surface area (Å²) in [6.07, 6.45) is 3.02. The van der Waals surface area contributed by atoms with Crippen molar-refractivity contribution in [3.05, 3.63) is 12.7 Å². The number of aromatic nitrogens is 4. The maximum Gasteiger partial charge on any atom is 0.165 e. The Morgan fingerprint density at radius 3 is 2.88 bits per heavy atom. The molecule has 0 aromatic carbocycles. The lowest BCUT2D eigenvalue weighted by Gasteiger charge is -2.12. The van der Waals surface area contributed by atoms with Gasteiger partial charge in [-0.3, -0.25) is 0 Å². The Hall–Kier alpha value is -0.270. The zero-order chi connectivity index (χ0) is 12.3. The maximum absolute atomic E-state index is 5.71. The lowest BCUT2D eigenvalue weighted by atomic mass is 10.4. The monoisotopic (exact) mass is 461 g/mol. The second kappa shape index (κ2) is 6.06. The fraction of sp³-hybridized carbons (Fsp3) is 0.375. The number of anilines is 1. The largest absolute Gasteiger partial charge is 0.382 e. The summed E-state index contributed by atoms with van der Waals surface area (Å²) >= 11 is 3.69. The molecule has 0 aliphatic heterocycles. The highest BCUT2D eigenvalue weighted by Gasteiger charge is 2.13. The number of imidazole rings is 1. The summed E-state index contributed by atoms with van der Waals surface area (Å²) in [7, 11) is 0. The summed E-state index contributed by atoms with van der Waals surface area (Å²) < 4.78 is 12.2. The molecule has 2 aromatic rings. The van der Waals surface area contributed by atoms with E-state index < -0.39 is 0 Å². The first-order valence-electron chi connectivity index (χ1n) is 4.68. The average molecular weight is 461 g/mol. The number of nitrogens with zero attached hydrogens (tertiary/aromatic N) is 4. The van der Waals surface area contributed by atoms with Crippen LogP contribution in [0.25, 0.3) is 11.2 Å². The topological polar surface area (TPSA) is 88.1 Å². The minimum atomic E-state index is -0.0684. The van der Waals surface area contributed by atoms with Gasteiger partial charge in [-0.15, -0.1) is 0 Å². The Kier molecular flexibility index (Phi) is 4.69. The molecule has 0 saturated carbocycles. The van der Waals surface area contributed by atoms with E-state index in [0.29, 0.717) is 30.1 Å². The molecule has 0 amide bonds. The van der Waals surface area contributed by atoms with Gasteiger partial charge in [0.1, 0.15) is 64.0 Å². The zero-order valence-electron chi connectivity index (χ0n) is 8.58. The molecule has 0 unspecified atom stereocenters. The van der Waals surface area contributed by atoms with Crippen LogP contribution in [0.2, 0.25) is 0 Å². The fourth-order valence-electron chi connectivity index (χ4n) is 1.43. The van der Waals surface area contributed by atoms with Crippen LogP contribution in [-0.2, 0) is 12.7 Å². The van der Waals surface area contributed by atoms with Crippen LogP contribution in [-0.4, -0.2) is 32.2 Å². The van der Waals surface area contributed by atoms with Crippen molar-refractivity contribution < 1.29 is 6.13 Å². The van der Waals surface area contributed by atoms with Crippen molar-refractivity contribution in [1.82, 2.24) is 19.5 Å².